The van der Waals surface area contributed by atoms with Gasteiger partial charge in [-0.05, 0) is 37.9 Å². The Labute approximate surface area is 248 Å². The number of halogens is 6. The van der Waals surface area contributed by atoms with Crippen molar-refractivity contribution in [3.63, 3.8) is 0 Å². The van der Waals surface area contributed by atoms with Crippen molar-refractivity contribution in [2.75, 3.05) is 57.1 Å². The predicted octanol–water partition coefficient (Wildman–Crippen LogP) is 4.95. The molecule has 0 saturated carbocycles. The molecule has 2 atom stereocenters. The third-order valence-electron chi connectivity index (χ3n) is 8.87. The van der Waals surface area contributed by atoms with Crippen molar-refractivity contribution in [1.29, 1.82) is 0 Å². The monoisotopic (exact) mass is 626 g/mol. The first kappa shape index (κ1) is 28.5. The van der Waals surface area contributed by atoms with E-state index in [4.69, 9.17) is 31.5 Å². The molecule has 1 spiro atoms. The maximum atomic E-state index is 16.7. The Hall–Kier alpha value is -3.23. The second kappa shape index (κ2) is 9.63. The van der Waals surface area contributed by atoms with Gasteiger partial charge in [-0.3, -0.25) is 4.90 Å². The van der Waals surface area contributed by atoms with Crippen molar-refractivity contribution in [2.45, 2.75) is 49.7 Å². The number of hydrogen-bond donors (Lipinski definition) is 1. The standard InChI is InChI=1S/C28H28ClF5N6O3/c1-13-6-15(35)36-21(18(13)28(32,33)34)16-19(29)23-17-22(20(16)31)37-25(38-24(17)39(2)9-27(43-23)11-41-12-27)42-10-26-4-3-5-40(26)8-14(30)7-26/h6,14H,3-5,7-12H2,1-2H3,(H2,35,36)/t14-,26+/m1/s1. The molecular weight excluding hydrogens is 599 g/mol. The normalized spacial score (nSPS) is 24.7. The summed E-state index contributed by atoms with van der Waals surface area (Å²) in [6.45, 7) is 2.92. The number of hydrogen-bond acceptors (Lipinski definition) is 9. The van der Waals surface area contributed by atoms with Gasteiger partial charge in [-0.25, -0.2) is 13.8 Å². The molecular formula is C28H28ClF5N6O3. The number of fused-ring (bicyclic) bond motifs is 1. The quantitative estimate of drug-likeness (QED) is 0.404. The minimum absolute atomic E-state index is 0.0689. The number of aryl methyl sites for hydroxylation is 1. The van der Waals surface area contributed by atoms with Crippen molar-refractivity contribution in [3.05, 3.63) is 28.0 Å². The third kappa shape index (κ3) is 4.43. The highest BCUT2D eigenvalue weighted by atomic mass is 35.5. The van der Waals surface area contributed by atoms with Crippen LogP contribution < -0.4 is 20.1 Å². The summed E-state index contributed by atoms with van der Waals surface area (Å²) in [6.07, 6.45) is -3.99. The lowest BCUT2D eigenvalue weighted by Gasteiger charge is -2.42. The van der Waals surface area contributed by atoms with E-state index in [2.05, 4.69) is 19.9 Å². The number of likely N-dealkylation sites (N-methyl/N-ethyl adjacent to an activating group) is 1. The maximum absolute atomic E-state index is 16.7. The van der Waals surface area contributed by atoms with Crippen LogP contribution in [0.4, 0.5) is 33.6 Å². The lowest BCUT2D eigenvalue weighted by molar-refractivity contribution is -0.153. The van der Waals surface area contributed by atoms with Gasteiger partial charge in [0.25, 0.3) is 0 Å². The Bertz CT molecular complexity index is 1650. The van der Waals surface area contributed by atoms with E-state index in [1.165, 1.54) is 6.92 Å². The molecule has 7 rings (SSSR count). The van der Waals surface area contributed by atoms with Crippen molar-refractivity contribution < 1.29 is 36.2 Å². The van der Waals surface area contributed by atoms with Crippen LogP contribution >= 0.6 is 11.6 Å². The number of aromatic nitrogens is 3. The fraction of sp³-hybridized carbons (Fsp3) is 0.536. The number of nitrogen functional groups attached to an aromatic ring is 1. The number of benzene rings is 1. The molecule has 0 radical (unpaired) electrons. The Kier molecular flexibility index (Phi) is 6.39. The lowest BCUT2D eigenvalue weighted by Crippen LogP contribution is -2.60. The lowest BCUT2D eigenvalue weighted by atomic mass is 9.95. The minimum Gasteiger partial charge on any atom is -0.478 e. The van der Waals surface area contributed by atoms with Crippen LogP contribution in [-0.2, 0) is 10.9 Å². The predicted molar refractivity (Wildman–Crippen MR) is 148 cm³/mol. The minimum atomic E-state index is -4.91. The summed E-state index contributed by atoms with van der Waals surface area (Å²) < 4.78 is 91.8. The Morgan fingerprint density at radius 3 is 2.70 bits per heavy atom. The highest BCUT2D eigenvalue weighted by Gasteiger charge is 2.50. The molecule has 0 bridgehead atoms. The fourth-order valence-corrected chi connectivity index (χ4v) is 7.31. The summed E-state index contributed by atoms with van der Waals surface area (Å²) in [6, 6.07) is 0.855. The van der Waals surface area contributed by atoms with Gasteiger partial charge >= 0.3 is 12.2 Å². The zero-order chi connectivity index (χ0) is 30.5. The molecule has 230 valence electrons. The third-order valence-corrected chi connectivity index (χ3v) is 9.23. The molecule has 0 unspecified atom stereocenters. The number of rotatable bonds is 4. The average molecular weight is 627 g/mol. The van der Waals surface area contributed by atoms with Crippen LogP contribution in [0.1, 0.15) is 30.4 Å². The SMILES string of the molecule is Cc1cc(N)nc(-c2c(Cl)c3c4c(nc(OC[C@@]56CCCN5C[C@H](F)C6)nc4c2F)N(C)CC2(COC2)O3)c1C(F)(F)F. The van der Waals surface area contributed by atoms with Crippen LogP contribution in [-0.4, -0.2) is 83.7 Å². The molecule has 6 heterocycles. The largest absolute Gasteiger partial charge is 0.478 e. The number of nitrogens with two attached hydrogens (primary N) is 1. The molecule has 0 amide bonds. The molecule has 3 aromatic rings. The molecule has 3 fully saturated rings. The number of nitrogens with zero attached hydrogens (tertiary/aromatic N) is 5. The molecule has 43 heavy (non-hydrogen) atoms. The van der Waals surface area contributed by atoms with E-state index in [1.54, 1.807) is 11.9 Å². The van der Waals surface area contributed by atoms with E-state index < -0.39 is 51.1 Å². The van der Waals surface area contributed by atoms with Crippen molar-refractivity contribution in [3.8, 4) is 23.0 Å². The van der Waals surface area contributed by atoms with Gasteiger partial charge in [0.15, 0.2) is 17.2 Å². The summed E-state index contributed by atoms with van der Waals surface area (Å²) in [4.78, 5) is 16.6. The molecule has 15 heteroatoms. The van der Waals surface area contributed by atoms with Crippen LogP contribution in [0.2, 0.25) is 5.02 Å². The van der Waals surface area contributed by atoms with Gasteiger partial charge in [0.1, 0.15) is 29.9 Å². The van der Waals surface area contributed by atoms with Gasteiger partial charge in [-0.2, -0.15) is 23.1 Å². The van der Waals surface area contributed by atoms with Crippen molar-refractivity contribution in [2.24, 2.45) is 0 Å². The van der Waals surface area contributed by atoms with Crippen LogP contribution in [0.5, 0.6) is 11.8 Å². The van der Waals surface area contributed by atoms with Gasteiger partial charge in [0.05, 0.1) is 52.5 Å². The summed E-state index contributed by atoms with van der Waals surface area (Å²) >= 11 is 6.75. The van der Waals surface area contributed by atoms with Crippen LogP contribution in [0.25, 0.3) is 22.2 Å². The molecule has 2 N–H and O–H groups in total. The molecule has 4 aliphatic rings. The van der Waals surface area contributed by atoms with Crippen molar-refractivity contribution >= 4 is 34.1 Å². The zero-order valence-corrected chi connectivity index (χ0v) is 24.1. The highest BCUT2D eigenvalue weighted by molar-refractivity contribution is 6.36. The first-order chi connectivity index (χ1) is 20.3. The summed E-state index contributed by atoms with van der Waals surface area (Å²) in [5.41, 5.74) is 1.16. The van der Waals surface area contributed by atoms with E-state index in [1.807, 2.05) is 0 Å². The average Bonchev–Trinajstić information content (AvgIpc) is 3.37. The summed E-state index contributed by atoms with van der Waals surface area (Å²) in [7, 11) is 1.72. The smallest absolute Gasteiger partial charge is 0.418 e. The molecule has 1 aromatic carbocycles. The molecule has 2 aromatic heterocycles. The molecule has 9 nitrogen and oxygen atoms in total. The number of pyridine rings is 1. The Morgan fingerprint density at radius 1 is 1.23 bits per heavy atom. The first-order valence-electron chi connectivity index (χ1n) is 13.9. The number of alkyl halides is 4. The van der Waals surface area contributed by atoms with Crippen molar-refractivity contribution in [1.82, 2.24) is 19.9 Å². The van der Waals surface area contributed by atoms with E-state index in [9.17, 15) is 17.6 Å². The van der Waals surface area contributed by atoms with Crippen LogP contribution in [0, 0.1) is 12.7 Å². The Balaban J connectivity index is 1.44. The fourth-order valence-electron chi connectivity index (χ4n) is 7.00. The van der Waals surface area contributed by atoms with Gasteiger partial charge in [-0.1, -0.05) is 11.6 Å². The second-order valence-electron chi connectivity index (χ2n) is 12.0. The highest BCUT2D eigenvalue weighted by Crippen LogP contribution is 2.52. The van der Waals surface area contributed by atoms with Crippen LogP contribution in [0.3, 0.4) is 0 Å². The van der Waals surface area contributed by atoms with E-state index in [0.29, 0.717) is 13.0 Å². The number of anilines is 2. The Morgan fingerprint density at radius 2 is 2.00 bits per heavy atom. The summed E-state index contributed by atoms with van der Waals surface area (Å²) in [5, 5.41) is -0.349. The van der Waals surface area contributed by atoms with Gasteiger partial charge in [0.2, 0.25) is 0 Å². The van der Waals surface area contributed by atoms with Gasteiger partial charge in [-0.15, -0.1) is 0 Å². The zero-order valence-electron chi connectivity index (χ0n) is 23.3. The van der Waals surface area contributed by atoms with E-state index >= 15 is 4.39 Å². The van der Waals surface area contributed by atoms with E-state index in [0.717, 1.165) is 25.5 Å². The molecule has 4 aliphatic heterocycles. The van der Waals surface area contributed by atoms with Crippen LogP contribution in [0.15, 0.2) is 6.07 Å². The van der Waals surface area contributed by atoms with Gasteiger partial charge < -0.3 is 24.8 Å². The maximum Gasteiger partial charge on any atom is 0.418 e. The molecule has 3 saturated heterocycles. The molecule has 0 aliphatic carbocycles. The van der Waals surface area contributed by atoms with E-state index in [-0.39, 0.29) is 66.2 Å². The summed E-state index contributed by atoms with van der Waals surface area (Å²) in [5.74, 6) is -1.28. The van der Waals surface area contributed by atoms with Gasteiger partial charge in [0, 0.05) is 20.0 Å². The second-order valence-corrected chi connectivity index (χ2v) is 12.3. The first-order valence-corrected chi connectivity index (χ1v) is 14.3. The topological polar surface area (TPSA) is 98.9 Å². The number of ether oxygens (including phenoxy) is 3.